The molecule has 0 aromatic heterocycles. The molecule has 90 valence electrons. The van der Waals surface area contributed by atoms with E-state index in [-0.39, 0.29) is 17.0 Å². The van der Waals surface area contributed by atoms with Crippen molar-refractivity contribution in [1.82, 2.24) is 0 Å². The summed E-state index contributed by atoms with van der Waals surface area (Å²) in [4.78, 5) is 0. The zero-order valence-electron chi connectivity index (χ0n) is 8.47. The first kappa shape index (κ1) is 13.4. The zero-order chi connectivity index (χ0) is 12.3. The maximum atomic E-state index is 9.79. The number of hydrogen-bond donors (Lipinski definition) is 5. The monoisotopic (exact) mass is 263 g/mol. The molecule has 4 nitrogen and oxygen atoms in total. The van der Waals surface area contributed by atoms with Gasteiger partial charge in [-0.25, -0.2) is 0 Å². The van der Waals surface area contributed by atoms with E-state index >= 15 is 0 Å². The predicted octanol–water partition coefficient (Wildman–Crippen LogP) is 1.34. The van der Waals surface area contributed by atoms with Crippen LogP contribution in [0.2, 0.25) is 5.02 Å². The number of aliphatic hydroxyl groups is 2. The van der Waals surface area contributed by atoms with Gasteiger partial charge in [0.1, 0.15) is 11.9 Å². The molecule has 0 heterocycles. The summed E-state index contributed by atoms with van der Waals surface area (Å²) < 4.78 is 0. The summed E-state index contributed by atoms with van der Waals surface area (Å²) in [5.74, 6) is 0.171. The Balaban J connectivity index is 3.03. The largest absolute Gasteiger partial charge is 0.505 e. The third kappa shape index (κ3) is 2.95. The molecule has 0 amide bonds. The Morgan fingerprint density at radius 3 is 2.56 bits per heavy atom. The van der Waals surface area contributed by atoms with Crippen molar-refractivity contribution < 1.29 is 15.3 Å². The van der Waals surface area contributed by atoms with Gasteiger partial charge in [-0.2, -0.15) is 12.6 Å². The van der Waals surface area contributed by atoms with Crippen LogP contribution in [0.5, 0.6) is 5.75 Å². The molecule has 0 saturated heterocycles. The van der Waals surface area contributed by atoms with Crippen LogP contribution in [-0.4, -0.2) is 27.2 Å². The Bertz CT molecular complexity index is 375. The standard InChI is InChI=1S/C10H14ClNO3S/c11-5-3-6(9(14)7(12)4-5)10(15)8(13)1-2-16/h3-4,8,10,13-16H,1-2,12H2. The second-order valence-electron chi connectivity index (χ2n) is 3.46. The van der Waals surface area contributed by atoms with Crippen LogP contribution in [0.15, 0.2) is 12.1 Å². The first-order chi connectivity index (χ1) is 7.47. The predicted molar refractivity (Wildman–Crippen MR) is 67.0 cm³/mol. The normalized spacial score (nSPS) is 14.8. The van der Waals surface area contributed by atoms with Crippen molar-refractivity contribution in [2.45, 2.75) is 18.6 Å². The lowest BCUT2D eigenvalue weighted by molar-refractivity contribution is 0.0160. The molecule has 1 aromatic carbocycles. The molecule has 0 bridgehead atoms. The van der Waals surface area contributed by atoms with Gasteiger partial charge in [0.2, 0.25) is 0 Å². The second kappa shape index (κ2) is 5.63. The Morgan fingerprint density at radius 1 is 1.38 bits per heavy atom. The summed E-state index contributed by atoms with van der Waals surface area (Å²) in [6.45, 7) is 0. The lowest BCUT2D eigenvalue weighted by Crippen LogP contribution is -2.19. The summed E-state index contributed by atoms with van der Waals surface area (Å²) in [7, 11) is 0. The van der Waals surface area contributed by atoms with Crippen LogP contribution < -0.4 is 5.73 Å². The minimum absolute atomic E-state index is 0.0691. The van der Waals surface area contributed by atoms with E-state index in [1.54, 1.807) is 0 Å². The minimum Gasteiger partial charge on any atom is -0.505 e. The Hall–Kier alpha value is -0.620. The number of aliphatic hydroxyl groups excluding tert-OH is 2. The van der Waals surface area contributed by atoms with Crippen LogP contribution in [-0.2, 0) is 0 Å². The fourth-order valence-electron chi connectivity index (χ4n) is 1.37. The van der Waals surface area contributed by atoms with E-state index in [4.69, 9.17) is 17.3 Å². The van der Waals surface area contributed by atoms with Crippen LogP contribution in [0, 0.1) is 0 Å². The number of anilines is 1. The van der Waals surface area contributed by atoms with E-state index in [0.717, 1.165) is 0 Å². The quantitative estimate of drug-likeness (QED) is 0.322. The molecule has 0 saturated carbocycles. The number of hydrogen-bond acceptors (Lipinski definition) is 5. The SMILES string of the molecule is Nc1cc(Cl)cc(C(O)C(O)CCS)c1O. The van der Waals surface area contributed by atoms with Crippen LogP contribution in [0.4, 0.5) is 5.69 Å². The average Bonchev–Trinajstić information content (AvgIpc) is 2.22. The van der Waals surface area contributed by atoms with Gasteiger partial charge in [-0.05, 0) is 24.3 Å². The van der Waals surface area contributed by atoms with E-state index in [9.17, 15) is 15.3 Å². The van der Waals surface area contributed by atoms with Crippen molar-refractivity contribution >= 4 is 29.9 Å². The van der Waals surface area contributed by atoms with Crippen molar-refractivity contribution in [1.29, 1.82) is 0 Å². The van der Waals surface area contributed by atoms with Gasteiger partial charge in [0.15, 0.2) is 0 Å². The molecule has 2 atom stereocenters. The summed E-state index contributed by atoms with van der Waals surface area (Å²) in [6, 6.07) is 2.75. The summed E-state index contributed by atoms with van der Waals surface area (Å²) in [6.07, 6.45) is -1.94. The second-order valence-corrected chi connectivity index (χ2v) is 4.34. The molecule has 0 aliphatic carbocycles. The molecule has 0 spiro atoms. The van der Waals surface area contributed by atoms with Crippen LogP contribution in [0.25, 0.3) is 0 Å². The summed E-state index contributed by atoms with van der Waals surface area (Å²) in [5.41, 5.74) is 5.68. The zero-order valence-corrected chi connectivity index (χ0v) is 10.1. The lowest BCUT2D eigenvalue weighted by Gasteiger charge is -2.19. The summed E-state index contributed by atoms with van der Waals surface area (Å²) >= 11 is 9.70. The van der Waals surface area contributed by atoms with Gasteiger partial charge in [0.25, 0.3) is 0 Å². The number of thiol groups is 1. The first-order valence-corrected chi connectivity index (χ1v) is 5.73. The number of halogens is 1. The van der Waals surface area contributed by atoms with Gasteiger partial charge >= 0.3 is 0 Å². The molecule has 6 heteroatoms. The fourth-order valence-corrected chi connectivity index (χ4v) is 1.86. The third-order valence-corrected chi connectivity index (χ3v) is 2.72. The van der Waals surface area contributed by atoms with Crippen molar-refractivity contribution in [3.05, 3.63) is 22.7 Å². The van der Waals surface area contributed by atoms with Crippen molar-refractivity contribution in [3.63, 3.8) is 0 Å². The van der Waals surface area contributed by atoms with E-state index in [1.807, 2.05) is 0 Å². The Kier molecular flexibility index (Phi) is 4.73. The van der Waals surface area contributed by atoms with Gasteiger partial charge in [-0.15, -0.1) is 0 Å². The van der Waals surface area contributed by atoms with Gasteiger partial charge in [0, 0.05) is 10.6 Å². The number of phenolic OH excluding ortho intramolecular Hbond substituents is 1. The minimum atomic E-state index is -1.23. The van der Waals surface area contributed by atoms with Crippen LogP contribution >= 0.6 is 24.2 Å². The Morgan fingerprint density at radius 2 is 2.00 bits per heavy atom. The van der Waals surface area contributed by atoms with Crippen LogP contribution in [0.3, 0.4) is 0 Å². The molecule has 5 N–H and O–H groups in total. The number of aromatic hydroxyl groups is 1. The molecule has 0 radical (unpaired) electrons. The molecule has 1 aromatic rings. The molecule has 16 heavy (non-hydrogen) atoms. The maximum Gasteiger partial charge on any atom is 0.144 e. The van der Waals surface area contributed by atoms with Crippen LogP contribution in [0.1, 0.15) is 18.1 Å². The van der Waals surface area contributed by atoms with E-state index in [1.165, 1.54) is 12.1 Å². The number of nitrogen functional groups attached to an aromatic ring is 1. The van der Waals surface area contributed by atoms with Crippen molar-refractivity contribution in [2.24, 2.45) is 0 Å². The highest BCUT2D eigenvalue weighted by atomic mass is 35.5. The van der Waals surface area contributed by atoms with Crippen molar-refractivity contribution in [3.8, 4) is 5.75 Å². The molecular formula is C10H14ClNO3S. The average molecular weight is 264 g/mol. The molecule has 0 aliphatic rings. The van der Waals surface area contributed by atoms with Gasteiger partial charge in [0.05, 0.1) is 11.8 Å². The fraction of sp³-hybridized carbons (Fsp3) is 0.400. The van der Waals surface area contributed by atoms with E-state index < -0.39 is 12.2 Å². The van der Waals surface area contributed by atoms with E-state index in [2.05, 4.69) is 12.6 Å². The number of nitrogens with two attached hydrogens (primary N) is 1. The first-order valence-electron chi connectivity index (χ1n) is 4.72. The molecule has 2 unspecified atom stereocenters. The summed E-state index contributed by atoms with van der Waals surface area (Å²) in [5, 5.41) is 29.3. The maximum absolute atomic E-state index is 9.79. The van der Waals surface area contributed by atoms with Gasteiger partial charge in [-0.3, -0.25) is 0 Å². The number of phenols is 1. The Labute approximate surface area is 104 Å². The van der Waals surface area contributed by atoms with Gasteiger partial charge < -0.3 is 21.1 Å². The smallest absolute Gasteiger partial charge is 0.144 e. The topological polar surface area (TPSA) is 86.7 Å². The van der Waals surface area contributed by atoms with E-state index in [0.29, 0.717) is 17.2 Å². The number of benzene rings is 1. The molecule has 0 fully saturated rings. The molecule has 1 rings (SSSR count). The highest BCUT2D eigenvalue weighted by Gasteiger charge is 2.22. The molecular weight excluding hydrogens is 250 g/mol. The van der Waals surface area contributed by atoms with Gasteiger partial charge in [-0.1, -0.05) is 11.6 Å². The highest BCUT2D eigenvalue weighted by Crippen LogP contribution is 2.35. The number of rotatable bonds is 4. The highest BCUT2D eigenvalue weighted by molar-refractivity contribution is 7.80. The third-order valence-electron chi connectivity index (χ3n) is 2.24. The lowest BCUT2D eigenvalue weighted by atomic mass is 10.0. The van der Waals surface area contributed by atoms with Crippen molar-refractivity contribution in [2.75, 3.05) is 11.5 Å². The molecule has 0 aliphatic heterocycles.